The molecule has 0 heterocycles. The fourth-order valence-corrected chi connectivity index (χ4v) is 2.48. The number of hydrogen-bond acceptors (Lipinski definition) is 5. The minimum atomic E-state index is -0.249. The van der Waals surface area contributed by atoms with Crippen LogP contribution in [0.25, 0.3) is 0 Å². The Morgan fingerprint density at radius 2 is 2.25 bits per heavy atom. The number of hydrogen-bond donors (Lipinski definition) is 3. The standard InChI is InChI=1S/C14H22N2O3S/c1-4-19-13-10(6-5-7-11(13)15)14(18)16-9(2)12(8-17)20-3/h5-7,9,12,17H,4,8,15H2,1-3H3,(H,16,18). The number of benzene rings is 1. The Bertz CT molecular complexity index is 450. The maximum atomic E-state index is 12.3. The predicted molar refractivity (Wildman–Crippen MR) is 83.3 cm³/mol. The number of thioether (sulfide) groups is 1. The fourth-order valence-electron chi connectivity index (χ4n) is 1.85. The molecule has 2 atom stereocenters. The molecule has 1 amide bonds. The average Bonchev–Trinajstić information content (AvgIpc) is 2.42. The summed E-state index contributed by atoms with van der Waals surface area (Å²) in [7, 11) is 0. The molecule has 1 aromatic rings. The van der Waals surface area contributed by atoms with Gasteiger partial charge in [-0.1, -0.05) is 6.07 Å². The summed E-state index contributed by atoms with van der Waals surface area (Å²) in [4.78, 5) is 12.3. The number of rotatable bonds is 7. The number of para-hydroxylation sites is 1. The van der Waals surface area contributed by atoms with Gasteiger partial charge in [0.1, 0.15) is 0 Å². The number of amides is 1. The van der Waals surface area contributed by atoms with Gasteiger partial charge in [0.15, 0.2) is 5.75 Å². The van der Waals surface area contributed by atoms with Crippen molar-refractivity contribution in [1.82, 2.24) is 5.32 Å². The molecular weight excluding hydrogens is 276 g/mol. The Labute approximate surface area is 123 Å². The number of carbonyl (C=O) groups is 1. The lowest BCUT2D eigenvalue weighted by atomic mass is 10.1. The molecule has 2 unspecified atom stereocenters. The van der Waals surface area contributed by atoms with Gasteiger partial charge in [-0.05, 0) is 32.2 Å². The Morgan fingerprint density at radius 1 is 1.55 bits per heavy atom. The van der Waals surface area contributed by atoms with E-state index in [2.05, 4.69) is 5.32 Å². The topological polar surface area (TPSA) is 84.6 Å². The van der Waals surface area contributed by atoms with Crippen LogP contribution < -0.4 is 15.8 Å². The molecule has 20 heavy (non-hydrogen) atoms. The van der Waals surface area contributed by atoms with Crippen LogP contribution in [-0.2, 0) is 0 Å². The molecule has 112 valence electrons. The van der Waals surface area contributed by atoms with Crippen molar-refractivity contribution < 1.29 is 14.6 Å². The van der Waals surface area contributed by atoms with Crippen molar-refractivity contribution in [3.63, 3.8) is 0 Å². The van der Waals surface area contributed by atoms with E-state index in [1.54, 1.807) is 18.2 Å². The van der Waals surface area contributed by atoms with E-state index >= 15 is 0 Å². The molecule has 0 fully saturated rings. The second-order valence-corrected chi connectivity index (χ2v) is 5.45. The van der Waals surface area contributed by atoms with Gasteiger partial charge in [0.25, 0.3) is 5.91 Å². The molecule has 0 radical (unpaired) electrons. The van der Waals surface area contributed by atoms with Crippen molar-refractivity contribution in [1.29, 1.82) is 0 Å². The van der Waals surface area contributed by atoms with Crippen LogP contribution in [0.2, 0.25) is 0 Å². The Hall–Kier alpha value is -1.40. The summed E-state index contributed by atoms with van der Waals surface area (Å²) in [5, 5.41) is 12.1. The summed E-state index contributed by atoms with van der Waals surface area (Å²) in [5.41, 5.74) is 6.69. The lowest BCUT2D eigenvalue weighted by Crippen LogP contribution is -2.41. The quantitative estimate of drug-likeness (QED) is 0.665. The zero-order valence-corrected chi connectivity index (χ0v) is 12.9. The summed E-state index contributed by atoms with van der Waals surface area (Å²) in [6, 6.07) is 4.94. The van der Waals surface area contributed by atoms with E-state index in [-0.39, 0.29) is 23.8 Å². The van der Waals surface area contributed by atoms with Gasteiger partial charge in [-0.3, -0.25) is 4.79 Å². The molecule has 0 aliphatic rings. The van der Waals surface area contributed by atoms with Crippen LogP contribution >= 0.6 is 11.8 Å². The maximum Gasteiger partial charge on any atom is 0.255 e. The van der Waals surface area contributed by atoms with Gasteiger partial charge in [-0.15, -0.1) is 0 Å². The molecule has 0 saturated heterocycles. The zero-order chi connectivity index (χ0) is 15.1. The summed E-state index contributed by atoms with van der Waals surface area (Å²) in [6.07, 6.45) is 1.90. The Kier molecular flexibility index (Phi) is 6.67. The van der Waals surface area contributed by atoms with E-state index in [1.807, 2.05) is 20.1 Å². The maximum absolute atomic E-state index is 12.3. The molecule has 4 N–H and O–H groups in total. The monoisotopic (exact) mass is 298 g/mol. The second kappa shape index (κ2) is 8.01. The van der Waals surface area contributed by atoms with Crippen molar-refractivity contribution >= 4 is 23.4 Å². The highest BCUT2D eigenvalue weighted by Gasteiger charge is 2.21. The normalized spacial score (nSPS) is 13.6. The first-order chi connectivity index (χ1) is 9.54. The van der Waals surface area contributed by atoms with Gasteiger partial charge in [0.2, 0.25) is 0 Å². The van der Waals surface area contributed by atoms with E-state index in [1.165, 1.54) is 11.8 Å². The summed E-state index contributed by atoms with van der Waals surface area (Å²) in [6.45, 7) is 4.15. The fraction of sp³-hybridized carbons (Fsp3) is 0.500. The number of carbonyl (C=O) groups excluding carboxylic acids is 1. The number of aliphatic hydroxyl groups excluding tert-OH is 1. The molecular formula is C14H22N2O3S. The molecule has 0 spiro atoms. The Morgan fingerprint density at radius 3 is 2.80 bits per heavy atom. The third kappa shape index (κ3) is 4.05. The van der Waals surface area contributed by atoms with Crippen LogP contribution in [0.5, 0.6) is 5.75 Å². The molecule has 1 aromatic carbocycles. The molecule has 6 heteroatoms. The van der Waals surface area contributed by atoms with E-state index in [9.17, 15) is 9.90 Å². The zero-order valence-electron chi connectivity index (χ0n) is 12.1. The van der Waals surface area contributed by atoms with Gasteiger partial charge in [-0.2, -0.15) is 11.8 Å². The number of nitrogens with one attached hydrogen (secondary N) is 1. The molecule has 0 aliphatic carbocycles. The van der Waals surface area contributed by atoms with Crippen LogP contribution in [0.15, 0.2) is 18.2 Å². The summed E-state index contributed by atoms with van der Waals surface area (Å²) >= 11 is 1.51. The predicted octanol–water partition coefficient (Wildman–Crippen LogP) is 1.51. The Balaban J connectivity index is 2.89. The van der Waals surface area contributed by atoms with Crippen molar-refractivity contribution in [3.05, 3.63) is 23.8 Å². The highest BCUT2D eigenvalue weighted by atomic mass is 32.2. The molecule has 0 aliphatic heterocycles. The smallest absolute Gasteiger partial charge is 0.255 e. The third-order valence-electron chi connectivity index (χ3n) is 2.98. The lowest BCUT2D eigenvalue weighted by Gasteiger charge is -2.22. The number of aliphatic hydroxyl groups is 1. The average molecular weight is 298 g/mol. The van der Waals surface area contributed by atoms with Gasteiger partial charge < -0.3 is 20.9 Å². The van der Waals surface area contributed by atoms with Crippen molar-refractivity contribution in [2.24, 2.45) is 0 Å². The first kappa shape index (κ1) is 16.7. The second-order valence-electron chi connectivity index (χ2n) is 4.38. The van der Waals surface area contributed by atoms with Gasteiger partial charge in [0.05, 0.1) is 24.5 Å². The van der Waals surface area contributed by atoms with Gasteiger partial charge in [-0.25, -0.2) is 0 Å². The molecule has 1 rings (SSSR count). The van der Waals surface area contributed by atoms with E-state index in [0.29, 0.717) is 23.6 Å². The minimum absolute atomic E-state index is 0.0118. The molecule has 0 aromatic heterocycles. The van der Waals surface area contributed by atoms with Crippen molar-refractivity contribution in [2.75, 3.05) is 25.2 Å². The molecule has 5 nitrogen and oxygen atoms in total. The molecule has 0 bridgehead atoms. The third-order valence-corrected chi connectivity index (χ3v) is 4.14. The van der Waals surface area contributed by atoms with Crippen molar-refractivity contribution in [3.8, 4) is 5.75 Å². The first-order valence-electron chi connectivity index (χ1n) is 6.50. The largest absolute Gasteiger partial charge is 0.491 e. The minimum Gasteiger partial charge on any atom is -0.491 e. The van der Waals surface area contributed by atoms with Crippen LogP contribution in [0, 0.1) is 0 Å². The lowest BCUT2D eigenvalue weighted by molar-refractivity contribution is 0.0932. The summed E-state index contributed by atoms with van der Waals surface area (Å²) < 4.78 is 5.44. The van der Waals surface area contributed by atoms with Crippen molar-refractivity contribution in [2.45, 2.75) is 25.1 Å². The first-order valence-corrected chi connectivity index (χ1v) is 7.79. The van der Waals surface area contributed by atoms with Gasteiger partial charge in [0, 0.05) is 11.3 Å². The number of ether oxygens (including phenoxy) is 1. The highest BCUT2D eigenvalue weighted by Crippen LogP contribution is 2.26. The highest BCUT2D eigenvalue weighted by molar-refractivity contribution is 7.99. The molecule has 0 saturated carbocycles. The van der Waals surface area contributed by atoms with Gasteiger partial charge >= 0.3 is 0 Å². The van der Waals surface area contributed by atoms with Crippen LogP contribution in [0.3, 0.4) is 0 Å². The SMILES string of the molecule is CCOc1c(N)cccc1C(=O)NC(C)C(CO)SC. The van der Waals surface area contributed by atoms with E-state index in [4.69, 9.17) is 10.5 Å². The number of nitrogen functional groups attached to an aromatic ring is 1. The number of nitrogens with two attached hydrogens (primary N) is 1. The van der Waals surface area contributed by atoms with E-state index < -0.39 is 0 Å². The number of anilines is 1. The van der Waals surface area contributed by atoms with Crippen LogP contribution in [-0.4, -0.2) is 41.8 Å². The van der Waals surface area contributed by atoms with E-state index in [0.717, 1.165) is 0 Å². The van der Waals surface area contributed by atoms with Crippen LogP contribution in [0.1, 0.15) is 24.2 Å². The van der Waals surface area contributed by atoms with Crippen LogP contribution in [0.4, 0.5) is 5.69 Å². The summed E-state index contributed by atoms with van der Waals surface area (Å²) in [5.74, 6) is 0.158.